The van der Waals surface area contributed by atoms with Gasteiger partial charge in [-0.15, -0.1) is 16.9 Å². The van der Waals surface area contributed by atoms with Gasteiger partial charge in [-0.2, -0.15) is 4.98 Å². The predicted octanol–water partition coefficient (Wildman–Crippen LogP) is -0.586. The first-order valence-corrected chi connectivity index (χ1v) is 8.52. The molecule has 3 rings (SSSR count). The number of fused-ring (bicyclic) bond motifs is 1. The number of aliphatic hydroxyl groups excluding tert-OH is 2. The van der Waals surface area contributed by atoms with Crippen molar-refractivity contribution in [2.24, 2.45) is 5.92 Å². The SMILES string of the molecule is CC(C)C(=O)Nc1nc2c(nnn2[C@@H]2S[C@H](CO)C(F)[C@@H]2O)c(=O)[nH]1. The average Bonchev–Trinajstić information content (AvgIpc) is 3.10. The summed E-state index contributed by atoms with van der Waals surface area (Å²) < 4.78 is 15.1. The van der Waals surface area contributed by atoms with Gasteiger partial charge in [0.25, 0.3) is 5.56 Å². The van der Waals surface area contributed by atoms with Crippen LogP contribution in [0.3, 0.4) is 0 Å². The van der Waals surface area contributed by atoms with E-state index in [2.05, 4.69) is 25.6 Å². The minimum absolute atomic E-state index is 0.00476. The fourth-order valence-electron chi connectivity index (χ4n) is 2.39. The van der Waals surface area contributed by atoms with Gasteiger partial charge in [0.15, 0.2) is 11.2 Å². The summed E-state index contributed by atoms with van der Waals surface area (Å²) in [5, 5.41) is 27.5. The molecular weight excluding hydrogens is 355 g/mol. The molecule has 0 aliphatic carbocycles. The van der Waals surface area contributed by atoms with Crippen LogP contribution in [0.1, 0.15) is 19.2 Å². The number of alkyl halides is 1. The van der Waals surface area contributed by atoms with E-state index in [0.717, 1.165) is 16.4 Å². The molecule has 4 atom stereocenters. The number of H-pyrrole nitrogens is 1. The van der Waals surface area contributed by atoms with Gasteiger partial charge < -0.3 is 10.2 Å². The van der Waals surface area contributed by atoms with E-state index in [9.17, 15) is 24.2 Å². The number of carbonyl (C=O) groups excluding carboxylic acids is 1. The molecule has 25 heavy (non-hydrogen) atoms. The molecule has 1 aliphatic heterocycles. The van der Waals surface area contributed by atoms with Crippen LogP contribution >= 0.6 is 11.8 Å². The summed E-state index contributed by atoms with van der Waals surface area (Å²) >= 11 is 0.976. The third kappa shape index (κ3) is 3.12. The Morgan fingerprint density at radius 3 is 2.84 bits per heavy atom. The highest BCUT2D eigenvalue weighted by Crippen LogP contribution is 2.43. The number of amides is 1. The number of aromatic amines is 1. The molecule has 3 heterocycles. The summed E-state index contributed by atoms with van der Waals surface area (Å²) in [5.41, 5.74) is -0.716. The third-order valence-corrected chi connectivity index (χ3v) is 5.33. The average molecular weight is 372 g/mol. The van der Waals surface area contributed by atoms with Crippen molar-refractivity contribution < 1.29 is 19.4 Å². The first kappa shape index (κ1) is 17.8. The molecule has 1 saturated heterocycles. The summed E-state index contributed by atoms with van der Waals surface area (Å²) in [6.07, 6.45) is -3.09. The number of thioether (sulfide) groups is 1. The van der Waals surface area contributed by atoms with Gasteiger partial charge in [0.05, 0.1) is 11.9 Å². The number of halogens is 1. The summed E-state index contributed by atoms with van der Waals surface area (Å²) in [6, 6.07) is 0. The van der Waals surface area contributed by atoms with Gasteiger partial charge in [0.1, 0.15) is 17.6 Å². The topological polar surface area (TPSA) is 146 Å². The van der Waals surface area contributed by atoms with Crippen LogP contribution in [0.25, 0.3) is 11.2 Å². The molecule has 2 aromatic rings. The van der Waals surface area contributed by atoms with Crippen molar-refractivity contribution in [1.82, 2.24) is 25.0 Å². The molecule has 12 heteroatoms. The van der Waals surface area contributed by atoms with E-state index in [1.54, 1.807) is 13.8 Å². The maximum atomic E-state index is 14.0. The molecule has 1 amide bonds. The fourth-order valence-corrected chi connectivity index (χ4v) is 3.71. The number of hydrogen-bond acceptors (Lipinski definition) is 8. The van der Waals surface area contributed by atoms with Gasteiger partial charge in [0, 0.05) is 5.92 Å². The molecule has 0 radical (unpaired) electrons. The summed E-state index contributed by atoms with van der Waals surface area (Å²) in [7, 11) is 0. The maximum absolute atomic E-state index is 14.0. The van der Waals surface area contributed by atoms with Crippen LogP contribution < -0.4 is 10.9 Å². The van der Waals surface area contributed by atoms with Crippen LogP contribution in [0.4, 0.5) is 10.3 Å². The zero-order chi connectivity index (χ0) is 18.3. The van der Waals surface area contributed by atoms with Crippen LogP contribution in [-0.2, 0) is 4.79 Å². The van der Waals surface area contributed by atoms with E-state index >= 15 is 0 Å². The van der Waals surface area contributed by atoms with E-state index in [0.29, 0.717) is 0 Å². The van der Waals surface area contributed by atoms with Crippen LogP contribution in [0.15, 0.2) is 4.79 Å². The first-order chi connectivity index (χ1) is 11.8. The number of rotatable bonds is 4. The van der Waals surface area contributed by atoms with E-state index in [1.807, 2.05) is 0 Å². The molecular formula is C13H17FN6O4S. The van der Waals surface area contributed by atoms with Gasteiger partial charge in [-0.1, -0.05) is 19.1 Å². The van der Waals surface area contributed by atoms with Gasteiger partial charge in [-0.25, -0.2) is 9.07 Å². The second-order valence-electron chi connectivity index (χ2n) is 5.95. The first-order valence-electron chi connectivity index (χ1n) is 7.58. The van der Waals surface area contributed by atoms with Crippen molar-refractivity contribution in [3.05, 3.63) is 10.4 Å². The minimum Gasteiger partial charge on any atom is -0.395 e. The monoisotopic (exact) mass is 372 g/mol. The molecule has 1 unspecified atom stereocenters. The zero-order valence-corrected chi connectivity index (χ0v) is 14.2. The van der Waals surface area contributed by atoms with Crippen LogP contribution in [0.5, 0.6) is 0 Å². The lowest BCUT2D eigenvalue weighted by Crippen LogP contribution is -2.29. The maximum Gasteiger partial charge on any atom is 0.282 e. The minimum atomic E-state index is -1.65. The van der Waals surface area contributed by atoms with Crippen molar-refractivity contribution in [1.29, 1.82) is 0 Å². The highest BCUT2D eigenvalue weighted by Gasteiger charge is 2.45. The van der Waals surface area contributed by atoms with Crippen molar-refractivity contribution >= 4 is 34.8 Å². The Morgan fingerprint density at radius 1 is 1.52 bits per heavy atom. The lowest BCUT2D eigenvalue weighted by Gasteiger charge is -2.14. The predicted molar refractivity (Wildman–Crippen MR) is 87.8 cm³/mol. The van der Waals surface area contributed by atoms with Crippen molar-refractivity contribution in [2.45, 2.75) is 36.7 Å². The number of hydrogen-bond donors (Lipinski definition) is 4. The summed E-state index contributed by atoms with van der Waals surface area (Å²) in [6.45, 7) is 2.91. The number of carbonyl (C=O) groups is 1. The van der Waals surface area contributed by atoms with Crippen LogP contribution in [-0.4, -0.2) is 65.2 Å². The number of aliphatic hydroxyl groups is 2. The Labute approximate surface area is 144 Å². The van der Waals surface area contributed by atoms with Gasteiger partial charge in [-0.05, 0) is 0 Å². The van der Waals surface area contributed by atoms with Crippen molar-refractivity contribution in [3.63, 3.8) is 0 Å². The molecule has 136 valence electrons. The Kier molecular flexibility index (Phi) is 4.75. The standard InChI is InChI=1S/C13H17FN6O4S/c1-4(2)10(23)16-13-15-9-7(11(24)17-13)18-19-20(9)12-8(22)6(14)5(3-21)25-12/h4-6,8,12,21-22H,3H2,1-2H3,(H2,15,16,17,23,24)/t5-,6?,8+,12-/m1/s1. The summed E-state index contributed by atoms with van der Waals surface area (Å²) in [4.78, 5) is 30.4. The van der Waals surface area contributed by atoms with Gasteiger partial charge in [-0.3, -0.25) is 19.9 Å². The number of aromatic nitrogens is 5. The molecule has 0 saturated carbocycles. The Hall–Kier alpha value is -2.05. The normalized spacial score (nSPS) is 26.5. The fraction of sp³-hybridized carbons (Fsp3) is 0.615. The van der Waals surface area contributed by atoms with Crippen LogP contribution in [0.2, 0.25) is 0 Å². The quantitative estimate of drug-likeness (QED) is 0.557. The molecule has 0 bridgehead atoms. The molecule has 4 N–H and O–H groups in total. The Bertz CT molecular complexity index is 855. The third-order valence-electron chi connectivity index (χ3n) is 3.81. The van der Waals surface area contributed by atoms with Crippen molar-refractivity contribution in [2.75, 3.05) is 11.9 Å². The molecule has 1 fully saturated rings. The second-order valence-corrected chi connectivity index (χ2v) is 7.31. The second kappa shape index (κ2) is 6.69. The number of anilines is 1. The number of nitrogens with one attached hydrogen (secondary N) is 2. The van der Waals surface area contributed by atoms with Gasteiger partial charge in [0.2, 0.25) is 11.9 Å². The Balaban J connectivity index is 2.01. The van der Waals surface area contributed by atoms with E-state index in [4.69, 9.17) is 0 Å². The highest BCUT2D eigenvalue weighted by molar-refractivity contribution is 8.00. The van der Waals surface area contributed by atoms with Gasteiger partial charge >= 0.3 is 0 Å². The molecule has 10 nitrogen and oxygen atoms in total. The van der Waals surface area contributed by atoms with Crippen LogP contribution in [0, 0.1) is 5.92 Å². The lowest BCUT2D eigenvalue weighted by atomic mass is 10.2. The molecule has 0 aromatic carbocycles. The summed E-state index contributed by atoms with van der Waals surface area (Å²) in [5.74, 6) is -0.762. The van der Waals surface area contributed by atoms with Crippen molar-refractivity contribution in [3.8, 4) is 0 Å². The molecule has 0 spiro atoms. The highest BCUT2D eigenvalue weighted by atomic mass is 32.2. The van der Waals surface area contributed by atoms with E-state index < -0.39 is 35.1 Å². The smallest absolute Gasteiger partial charge is 0.282 e. The zero-order valence-electron chi connectivity index (χ0n) is 13.4. The molecule has 1 aliphatic rings. The molecule has 2 aromatic heterocycles. The lowest BCUT2D eigenvalue weighted by molar-refractivity contribution is -0.118. The Morgan fingerprint density at radius 2 is 2.24 bits per heavy atom. The van der Waals surface area contributed by atoms with E-state index in [-0.39, 0.29) is 28.9 Å². The van der Waals surface area contributed by atoms with E-state index in [1.165, 1.54) is 0 Å². The number of nitrogens with zero attached hydrogens (tertiary/aromatic N) is 4. The largest absolute Gasteiger partial charge is 0.395 e.